The molecule has 0 radical (unpaired) electrons. The van der Waals surface area contributed by atoms with Gasteiger partial charge in [-0.3, -0.25) is 4.79 Å². The van der Waals surface area contributed by atoms with Gasteiger partial charge in [-0.05, 0) is 81.3 Å². The molecule has 0 unspecified atom stereocenters. The van der Waals surface area contributed by atoms with Crippen molar-refractivity contribution in [3.63, 3.8) is 0 Å². The van der Waals surface area contributed by atoms with Crippen molar-refractivity contribution in [2.75, 3.05) is 7.11 Å². The number of aryl methyl sites for hydroxylation is 3. The molecular formula is C32H28N4O3. The fourth-order valence-electron chi connectivity index (χ4n) is 5.08. The average molecular weight is 517 g/mol. The Labute approximate surface area is 225 Å². The third-order valence-electron chi connectivity index (χ3n) is 7.10. The Morgan fingerprint density at radius 2 is 1.74 bits per heavy atom. The molecule has 0 atom stereocenters. The molecule has 0 amide bonds. The molecule has 0 fully saturated rings. The average Bonchev–Trinajstić information content (AvgIpc) is 3.49. The van der Waals surface area contributed by atoms with Crippen LogP contribution in [-0.2, 0) is 0 Å². The highest BCUT2D eigenvalue weighted by Crippen LogP contribution is 2.33. The van der Waals surface area contributed by atoms with Crippen LogP contribution in [0.3, 0.4) is 0 Å². The summed E-state index contributed by atoms with van der Waals surface area (Å²) in [6, 6.07) is 23.2. The van der Waals surface area contributed by atoms with E-state index in [1.807, 2.05) is 42.5 Å². The lowest BCUT2D eigenvalue weighted by Gasteiger charge is -2.13. The molecule has 0 saturated carbocycles. The van der Waals surface area contributed by atoms with Gasteiger partial charge in [0.1, 0.15) is 11.3 Å². The second-order valence-corrected chi connectivity index (χ2v) is 9.75. The maximum Gasteiger partial charge on any atom is 0.282 e. The van der Waals surface area contributed by atoms with Crippen molar-refractivity contribution in [3.8, 4) is 23.0 Å². The number of hydrogen-bond acceptors (Lipinski definition) is 5. The van der Waals surface area contributed by atoms with Crippen molar-refractivity contribution >= 4 is 28.1 Å². The summed E-state index contributed by atoms with van der Waals surface area (Å²) in [5.41, 5.74) is 7.46. The Hall–Kier alpha value is -4.91. The van der Waals surface area contributed by atoms with Gasteiger partial charge in [-0.1, -0.05) is 30.3 Å². The first-order valence-corrected chi connectivity index (χ1v) is 12.8. The van der Waals surface area contributed by atoms with Crippen LogP contribution in [0.15, 0.2) is 87.1 Å². The molecule has 39 heavy (non-hydrogen) atoms. The van der Waals surface area contributed by atoms with E-state index in [0.717, 1.165) is 28.0 Å². The fraction of sp³-hybridized carbons (Fsp3) is 0.156. The summed E-state index contributed by atoms with van der Waals surface area (Å²) < 4.78 is 15.2. The minimum atomic E-state index is -0.275. The minimum Gasteiger partial charge on any atom is -0.496 e. The molecule has 3 heterocycles. The van der Waals surface area contributed by atoms with Crippen LogP contribution in [0, 0.1) is 27.7 Å². The molecule has 194 valence electrons. The highest BCUT2D eigenvalue weighted by atomic mass is 16.5. The Bertz CT molecular complexity index is 1970. The predicted octanol–water partition coefficient (Wildman–Crippen LogP) is 6.72. The van der Waals surface area contributed by atoms with Crippen molar-refractivity contribution < 1.29 is 9.15 Å². The molecule has 0 bridgehead atoms. The van der Waals surface area contributed by atoms with Crippen LogP contribution in [0.1, 0.15) is 28.1 Å². The highest BCUT2D eigenvalue weighted by Gasteiger charge is 2.18. The summed E-state index contributed by atoms with van der Waals surface area (Å²) in [7, 11) is 1.62. The molecule has 0 aliphatic carbocycles. The lowest BCUT2D eigenvalue weighted by Crippen LogP contribution is -2.20. The molecule has 7 nitrogen and oxygen atoms in total. The Kier molecular flexibility index (Phi) is 5.91. The van der Waals surface area contributed by atoms with Gasteiger partial charge in [-0.15, -0.1) is 0 Å². The van der Waals surface area contributed by atoms with Gasteiger partial charge in [-0.25, -0.2) is 4.98 Å². The molecule has 6 aromatic rings. The Morgan fingerprint density at radius 1 is 0.923 bits per heavy atom. The summed E-state index contributed by atoms with van der Waals surface area (Å²) in [6.45, 7) is 8.33. The maximum atomic E-state index is 13.7. The second kappa shape index (κ2) is 9.44. The van der Waals surface area contributed by atoms with Gasteiger partial charge in [0.25, 0.3) is 5.56 Å². The van der Waals surface area contributed by atoms with E-state index < -0.39 is 0 Å². The first-order chi connectivity index (χ1) is 18.9. The number of para-hydroxylation sites is 1. The topological polar surface area (TPSA) is 74.6 Å². The van der Waals surface area contributed by atoms with Crippen LogP contribution in [-0.4, -0.2) is 27.6 Å². The SMILES string of the molecule is COc1cccc2oc(-c3nc4ccccc4c(=O)n3N=Cc3cc(C)n(-c4cc(C)ccc4C)c3C)cc12. The first-order valence-electron chi connectivity index (χ1n) is 12.8. The third-order valence-corrected chi connectivity index (χ3v) is 7.10. The quantitative estimate of drug-likeness (QED) is 0.238. The van der Waals surface area contributed by atoms with Gasteiger partial charge in [0.05, 0.1) is 29.6 Å². The zero-order valence-electron chi connectivity index (χ0n) is 22.5. The lowest BCUT2D eigenvalue weighted by molar-refractivity contribution is 0.419. The van der Waals surface area contributed by atoms with E-state index in [4.69, 9.17) is 14.1 Å². The van der Waals surface area contributed by atoms with Gasteiger partial charge in [0.15, 0.2) is 5.76 Å². The molecule has 3 aromatic heterocycles. The number of rotatable bonds is 5. The first kappa shape index (κ1) is 24.4. The predicted molar refractivity (Wildman–Crippen MR) is 155 cm³/mol. The molecule has 0 saturated heterocycles. The number of methoxy groups -OCH3 is 1. The van der Waals surface area contributed by atoms with E-state index in [9.17, 15) is 4.79 Å². The van der Waals surface area contributed by atoms with E-state index in [2.05, 4.69) is 61.6 Å². The Morgan fingerprint density at radius 3 is 2.56 bits per heavy atom. The summed E-state index contributed by atoms with van der Waals surface area (Å²) in [4.78, 5) is 18.5. The summed E-state index contributed by atoms with van der Waals surface area (Å²) in [5, 5.41) is 5.95. The number of hydrogen-bond donors (Lipinski definition) is 0. The zero-order chi connectivity index (χ0) is 27.3. The standard InChI is InChI=1S/C32H28N4O3/c1-19-13-14-20(2)27(15-19)35-21(3)16-23(22(35)4)18-33-36-31(34-26-10-7-6-9-24(26)32(36)37)30-17-25-28(38-5)11-8-12-29(25)39-30/h6-18H,1-5H3. The van der Waals surface area contributed by atoms with Crippen LogP contribution >= 0.6 is 0 Å². The summed E-state index contributed by atoms with van der Waals surface area (Å²) in [5.74, 6) is 1.42. The molecule has 7 heteroatoms. The van der Waals surface area contributed by atoms with Crippen molar-refractivity contribution in [1.82, 2.24) is 14.2 Å². The molecule has 0 aliphatic heterocycles. The van der Waals surface area contributed by atoms with Crippen LogP contribution in [0.25, 0.3) is 39.1 Å². The number of ether oxygens (including phenoxy) is 1. The van der Waals surface area contributed by atoms with E-state index in [-0.39, 0.29) is 5.56 Å². The van der Waals surface area contributed by atoms with Gasteiger partial charge >= 0.3 is 0 Å². The monoisotopic (exact) mass is 516 g/mol. The molecule has 0 spiro atoms. The van der Waals surface area contributed by atoms with Crippen LogP contribution in [0.2, 0.25) is 0 Å². The van der Waals surface area contributed by atoms with Crippen LogP contribution < -0.4 is 10.3 Å². The fourth-order valence-corrected chi connectivity index (χ4v) is 5.08. The molecule has 6 rings (SSSR count). The number of nitrogens with zero attached hydrogens (tertiary/aromatic N) is 4. The van der Waals surface area contributed by atoms with Gasteiger partial charge in [0, 0.05) is 22.6 Å². The van der Waals surface area contributed by atoms with Gasteiger partial charge in [0.2, 0.25) is 5.82 Å². The van der Waals surface area contributed by atoms with E-state index in [1.165, 1.54) is 15.8 Å². The molecule has 0 N–H and O–H groups in total. The molecule has 3 aromatic carbocycles. The number of aromatic nitrogens is 3. The zero-order valence-corrected chi connectivity index (χ0v) is 22.5. The minimum absolute atomic E-state index is 0.275. The maximum absolute atomic E-state index is 13.7. The lowest BCUT2D eigenvalue weighted by atomic mass is 10.1. The number of benzene rings is 3. The number of furan rings is 1. The van der Waals surface area contributed by atoms with E-state index in [1.54, 1.807) is 19.4 Å². The summed E-state index contributed by atoms with van der Waals surface area (Å²) >= 11 is 0. The third kappa shape index (κ3) is 4.12. The van der Waals surface area contributed by atoms with E-state index >= 15 is 0 Å². The van der Waals surface area contributed by atoms with Crippen molar-refractivity contribution in [2.24, 2.45) is 5.10 Å². The van der Waals surface area contributed by atoms with Crippen molar-refractivity contribution in [3.05, 3.63) is 111 Å². The van der Waals surface area contributed by atoms with Gasteiger partial charge < -0.3 is 13.7 Å². The normalized spacial score (nSPS) is 11.7. The van der Waals surface area contributed by atoms with Crippen LogP contribution in [0.4, 0.5) is 0 Å². The molecular weight excluding hydrogens is 488 g/mol. The number of fused-ring (bicyclic) bond motifs is 2. The van der Waals surface area contributed by atoms with Crippen molar-refractivity contribution in [2.45, 2.75) is 27.7 Å². The van der Waals surface area contributed by atoms with Gasteiger partial charge in [-0.2, -0.15) is 9.78 Å². The van der Waals surface area contributed by atoms with Crippen molar-refractivity contribution in [1.29, 1.82) is 0 Å². The van der Waals surface area contributed by atoms with Crippen LogP contribution in [0.5, 0.6) is 5.75 Å². The van der Waals surface area contributed by atoms with E-state index in [0.29, 0.717) is 33.8 Å². The second-order valence-electron chi connectivity index (χ2n) is 9.75. The Balaban J connectivity index is 1.53. The summed E-state index contributed by atoms with van der Waals surface area (Å²) in [6.07, 6.45) is 1.72. The largest absolute Gasteiger partial charge is 0.496 e. The highest BCUT2D eigenvalue weighted by molar-refractivity contribution is 5.89. The molecule has 0 aliphatic rings. The smallest absolute Gasteiger partial charge is 0.282 e.